The van der Waals surface area contributed by atoms with Crippen molar-refractivity contribution in [1.82, 2.24) is 4.98 Å². The van der Waals surface area contributed by atoms with Gasteiger partial charge in [0.2, 0.25) is 0 Å². The molecule has 0 fully saturated rings. The van der Waals surface area contributed by atoms with Crippen molar-refractivity contribution in [2.75, 3.05) is 0 Å². The fourth-order valence-electron chi connectivity index (χ4n) is 1.62. The van der Waals surface area contributed by atoms with Crippen molar-refractivity contribution in [3.05, 3.63) is 62.3 Å². The molecule has 2 nitrogen and oxygen atoms in total. The highest BCUT2D eigenvalue weighted by Gasteiger charge is 2.20. The third-order valence-electron chi connectivity index (χ3n) is 2.46. The standard InChI is InChI=1S/C13H7BrCl2N2/c14-8-4-5-12(18-7-8)9(6-17)13-10(15)2-1-3-11(13)16/h1-5,7,9H. The second-order valence-corrected chi connectivity index (χ2v) is 5.33. The molecule has 1 aromatic heterocycles. The summed E-state index contributed by atoms with van der Waals surface area (Å²) in [4.78, 5) is 4.22. The molecule has 0 saturated heterocycles. The van der Waals surface area contributed by atoms with Crippen LogP contribution < -0.4 is 0 Å². The number of hydrogen-bond acceptors (Lipinski definition) is 2. The van der Waals surface area contributed by atoms with Crippen LogP contribution in [0.1, 0.15) is 17.2 Å². The molecule has 0 amide bonds. The van der Waals surface area contributed by atoms with Gasteiger partial charge in [-0.3, -0.25) is 4.98 Å². The first-order chi connectivity index (χ1) is 8.63. The first kappa shape index (κ1) is 13.4. The number of rotatable bonds is 2. The van der Waals surface area contributed by atoms with Crippen LogP contribution in [0.4, 0.5) is 0 Å². The van der Waals surface area contributed by atoms with Gasteiger partial charge in [-0.1, -0.05) is 29.3 Å². The second-order valence-electron chi connectivity index (χ2n) is 3.60. The number of nitriles is 1. The van der Waals surface area contributed by atoms with Gasteiger partial charge < -0.3 is 0 Å². The summed E-state index contributed by atoms with van der Waals surface area (Å²) in [6.45, 7) is 0. The quantitative estimate of drug-likeness (QED) is 0.786. The van der Waals surface area contributed by atoms with Crippen LogP contribution in [0, 0.1) is 11.3 Å². The van der Waals surface area contributed by atoms with Gasteiger partial charge in [-0.05, 0) is 40.2 Å². The maximum atomic E-state index is 9.33. The maximum Gasteiger partial charge on any atom is 0.116 e. The van der Waals surface area contributed by atoms with Gasteiger partial charge in [-0.25, -0.2) is 0 Å². The molecule has 0 aliphatic rings. The number of nitrogens with zero attached hydrogens (tertiary/aromatic N) is 2. The average Bonchev–Trinajstić information content (AvgIpc) is 2.35. The lowest BCUT2D eigenvalue weighted by Crippen LogP contribution is -2.02. The Morgan fingerprint density at radius 3 is 2.33 bits per heavy atom. The van der Waals surface area contributed by atoms with Crippen LogP contribution in [0.15, 0.2) is 41.0 Å². The van der Waals surface area contributed by atoms with E-state index in [0.717, 1.165) is 4.47 Å². The van der Waals surface area contributed by atoms with E-state index in [9.17, 15) is 5.26 Å². The van der Waals surface area contributed by atoms with Gasteiger partial charge >= 0.3 is 0 Å². The van der Waals surface area contributed by atoms with Gasteiger partial charge in [0.1, 0.15) is 5.92 Å². The van der Waals surface area contributed by atoms with Crippen LogP contribution >= 0.6 is 39.1 Å². The van der Waals surface area contributed by atoms with Crippen molar-refractivity contribution >= 4 is 39.1 Å². The molecule has 0 spiro atoms. The summed E-state index contributed by atoms with van der Waals surface area (Å²) in [7, 11) is 0. The first-order valence-corrected chi connectivity index (χ1v) is 6.63. The van der Waals surface area contributed by atoms with Gasteiger partial charge in [-0.15, -0.1) is 0 Å². The highest BCUT2D eigenvalue weighted by molar-refractivity contribution is 9.10. The first-order valence-electron chi connectivity index (χ1n) is 5.08. The molecule has 1 heterocycles. The lowest BCUT2D eigenvalue weighted by Gasteiger charge is -2.12. The molecule has 0 aliphatic carbocycles. The fourth-order valence-corrected chi connectivity index (χ4v) is 2.47. The number of aromatic nitrogens is 1. The highest BCUT2D eigenvalue weighted by atomic mass is 79.9. The topological polar surface area (TPSA) is 36.7 Å². The van der Waals surface area contributed by atoms with Crippen LogP contribution in [0.3, 0.4) is 0 Å². The van der Waals surface area contributed by atoms with E-state index in [1.807, 2.05) is 6.07 Å². The monoisotopic (exact) mass is 340 g/mol. The van der Waals surface area contributed by atoms with Crippen molar-refractivity contribution in [1.29, 1.82) is 5.26 Å². The largest absolute Gasteiger partial charge is 0.258 e. The zero-order chi connectivity index (χ0) is 13.1. The molecule has 1 atom stereocenters. The van der Waals surface area contributed by atoms with Crippen molar-refractivity contribution in [3.8, 4) is 6.07 Å². The van der Waals surface area contributed by atoms with E-state index in [2.05, 4.69) is 27.0 Å². The van der Waals surface area contributed by atoms with Crippen molar-refractivity contribution in [3.63, 3.8) is 0 Å². The highest BCUT2D eigenvalue weighted by Crippen LogP contribution is 2.34. The van der Waals surface area contributed by atoms with Crippen molar-refractivity contribution in [2.24, 2.45) is 0 Å². The SMILES string of the molecule is N#CC(c1ccc(Br)cn1)c1c(Cl)cccc1Cl. The molecular formula is C13H7BrCl2N2. The van der Waals surface area contributed by atoms with Gasteiger partial charge in [0.25, 0.3) is 0 Å². The Balaban J connectivity index is 2.53. The van der Waals surface area contributed by atoms with E-state index in [0.29, 0.717) is 21.3 Å². The summed E-state index contributed by atoms with van der Waals surface area (Å²) < 4.78 is 0.855. The Morgan fingerprint density at radius 1 is 1.17 bits per heavy atom. The second kappa shape index (κ2) is 5.71. The Morgan fingerprint density at radius 2 is 1.83 bits per heavy atom. The van der Waals surface area contributed by atoms with Crippen molar-refractivity contribution < 1.29 is 0 Å². The number of pyridine rings is 1. The van der Waals surface area contributed by atoms with Crippen LogP contribution in [-0.2, 0) is 0 Å². The molecule has 0 radical (unpaired) electrons. The van der Waals surface area contributed by atoms with E-state index < -0.39 is 5.92 Å². The van der Waals surface area contributed by atoms with E-state index in [1.165, 1.54) is 0 Å². The maximum absolute atomic E-state index is 9.33. The van der Waals surface area contributed by atoms with E-state index in [4.69, 9.17) is 23.2 Å². The van der Waals surface area contributed by atoms with Crippen LogP contribution in [0.25, 0.3) is 0 Å². The van der Waals surface area contributed by atoms with Crippen LogP contribution in [0.5, 0.6) is 0 Å². The molecule has 0 aliphatic heterocycles. The number of halogens is 3. The smallest absolute Gasteiger partial charge is 0.116 e. The summed E-state index contributed by atoms with van der Waals surface area (Å²) in [5, 5.41) is 10.3. The Bertz CT molecular complexity index is 585. The number of benzene rings is 1. The fraction of sp³-hybridized carbons (Fsp3) is 0.0769. The van der Waals surface area contributed by atoms with Crippen LogP contribution in [-0.4, -0.2) is 4.98 Å². The lowest BCUT2D eigenvalue weighted by molar-refractivity contribution is 0.964. The minimum Gasteiger partial charge on any atom is -0.258 e. The van der Waals surface area contributed by atoms with E-state index in [-0.39, 0.29) is 0 Å². The normalized spacial score (nSPS) is 11.9. The summed E-state index contributed by atoms with van der Waals surface area (Å²) in [5.41, 5.74) is 1.22. The van der Waals surface area contributed by atoms with Gasteiger partial charge in [0.05, 0.1) is 11.8 Å². The predicted octanol–water partition coefficient (Wildman–Crippen LogP) is 4.81. The lowest BCUT2D eigenvalue weighted by atomic mass is 9.96. The third kappa shape index (κ3) is 2.67. The van der Waals surface area contributed by atoms with Gasteiger partial charge in [0, 0.05) is 26.3 Å². The van der Waals surface area contributed by atoms with Crippen molar-refractivity contribution in [2.45, 2.75) is 5.92 Å². The molecule has 2 rings (SSSR count). The van der Waals surface area contributed by atoms with Gasteiger partial charge in [0.15, 0.2) is 0 Å². The zero-order valence-corrected chi connectivity index (χ0v) is 12.2. The summed E-state index contributed by atoms with van der Waals surface area (Å²) in [5.74, 6) is -0.570. The zero-order valence-electron chi connectivity index (χ0n) is 9.07. The van der Waals surface area contributed by atoms with E-state index >= 15 is 0 Å². The molecule has 1 aromatic carbocycles. The Labute approximate surface area is 123 Å². The Kier molecular flexibility index (Phi) is 4.23. The molecule has 0 bridgehead atoms. The molecule has 5 heteroatoms. The third-order valence-corrected chi connectivity index (χ3v) is 3.59. The summed E-state index contributed by atoms with van der Waals surface area (Å²) in [6.07, 6.45) is 1.64. The van der Waals surface area contributed by atoms with E-state index in [1.54, 1.807) is 30.5 Å². The summed E-state index contributed by atoms with van der Waals surface area (Å²) in [6, 6.07) is 11.0. The molecule has 2 aromatic rings. The number of hydrogen-bond donors (Lipinski definition) is 0. The van der Waals surface area contributed by atoms with Crippen LogP contribution in [0.2, 0.25) is 10.0 Å². The molecule has 18 heavy (non-hydrogen) atoms. The molecule has 0 N–H and O–H groups in total. The minimum absolute atomic E-state index is 0.471. The predicted molar refractivity (Wildman–Crippen MR) is 75.9 cm³/mol. The molecule has 1 unspecified atom stereocenters. The average molecular weight is 342 g/mol. The molecule has 0 saturated carbocycles. The molecular weight excluding hydrogens is 335 g/mol. The Hall–Kier alpha value is -1.08. The van der Waals surface area contributed by atoms with Gasteiger partial charge in [-0.2, -0.15) is 5.26 Å². The molecule has 90 valence electrons. The summed E-state index contributed by atoms with van der Waals surface area (Å²) >= 11 is 15.5. The minimum atomic E-state index is -0.570.